The summed E-state index contributed by atoms with van der Waals surface area (Å²) in [6, 6.07) is 0. The molecule has 5 aliphatic rings. The van der Waals surface area contributed by atoms with Gasteiger partial charge in [0.2, 0.25) is 5.79 Å². The normalized spacial score (nSPS) is 51.5. The molecule has 5 N–H and O–H groups in total. The smallest absolute Gasteiger partial charge is 0.310 e. The van der Waals surface area contributed by atoms with Gasteiger partial charge in [-0.1, -0.05) is 60.1 Å². The van der Waals surface area contributed by atoms with E-state index < -0.39 is 33.8 Å². The Morgan fingerprint density at radius 3 is 2.14 bits per heavy atom. The van der Waals surface area contributed by atoms with Gasteiger partial charge in [-0.25, -0.2) is 5.26 Å². The molecule has 7 heteroatoms. The van der Waals surface area contributed by atoms with Crippen LogP contribution in [0.3, 0.4) is 0 Å². The summed E-state index contributed by atoms with van der Waals surface area (Å²) in [5.74, 6) is -5.78. The Balaban J connectivity index is 1.63. The fraction of sp³-hybridized carbons (Fsp3) is 0.900. The first-order valence-electron chi connectivity index (χ1n) is 14.2. The monoisotopic (exact) mass is 520 g/mol. The summed E-state index contributed by atoms with van der Waals surface area (Å²) >= 11 is 0. The topological polar surface area (TPSA) is 127 Å². The molecule has 0 radical (unpaired) electrons. The van der Waals surface area contributed by atoms with Gasteiger partial charge < -0.3 is 20.4 Å². The lowest BCUT2D eigenvalue weighted by Crippen LogP contribution is -2.75. The van der Waals surface area contributed by atoms with Crippen LogP contribution in [0, 0.1) is 50.2 Å². The van der Waals surface area contributed by atoms with Gasteiger partial charge >= 0.3 is 5.97 Å². The lowest BCUT2D eigenvalue weighted by molar-refractivity contribution is -0.526. The van der Waals surface area contributed by atoms with Crippen molar-refractivity contribution in [2.45, 2.75) is 118 Å². The Bertz CT molecular complexity index is 1030. The summed E-state index contributed by atoms with van der Waals surface area (Å²) in [6.07, 6.45) is 8.61. The Hall–Kier alpha value is -0.990. The van der Waals surface area contributed by atoms with E-state index in [9.17, 15) is 30.5 Å². The molecule has 0 saturated heterocycles. The molecule has 0 bridgehead atoms. The third-order valence-corrected chi connectivity index (χ3v) is 13.4. The van der Waals surface area contributed by atoms with Crippen molar-refractivity contribution in [3.05, 3.63) is 11.6 Å². The summed E-state index contributed by atoms with van der Waals surface area (Å²) in [7, 11) is 0. The van der Waals surface area contributed by atoms with Gasteiger partial charge in [-0.2, -0.15) is 4.89 Å². The molecule has 0 aromatic heterocycles. The minimum absolute atomic E-state index is 0.0151. The fourth-order valence-corrected chi connectivity index (χ4v) is 11.0. The molecule has 0 amide bonds. The number of aliphatic hydroxyl groups is 3. The predicted octanol–water partition coefficient (Wildman–Crippen LogP) is 5.34. The standard InChI is InChI=1S/C30H48O7/c1-23(2)12-14-28(22(31)32)15-13-26(6)18(19(28)16-23)8-9-21-25(5)17-29(33,34)30(35,37-36)24(3,4)20(25)10-11-27(21,26)7/h8,19-21,33-36H,9-17H2,1-7H3,(H,31,32)/t19-,20-,21+,25-,26+,27+,28-,30+/m0/s1. The highest BCUT2D eigenvalue weighted by Crippen LogP contribution is 2.77. The van der Waals surface area contributed by atoms with Crippen LogP contribution >= 0.6 is 0 Å². The van der Waals surface area contributed by atoms with Gasteiger partial charge in [-0.15, -0.1) is 0 Å². The van der Waals surface area contributed by atoms with E-state index in [0.717, 1.165) is 44.9 Å². The van der Waals surface area contributed by atoms with E-state index in [4.69, 9.17) is 0 Å². The highest BCUT2D eigenvalue weighted by molar-refractivity contribution is 5.76. The Labute approximate surface area is 221 Å². The highest BCUT2D eigenvalue weighted by atomic mass is 17.1. The van der Waals surface area contributed by atoms with E-state index in [0.29, 0.717) is 6.42 Å². The van der Waals surface area contributed by atoms with Gasteiger partial charge in [0.05, 0.1) is 5.41 Å². The number of hydrogen-bond acceptors (Lipinski definition) is 6. The first-order valence-corrected chi connectivity index (χ1v) is 14.2. The Kier molecular flexibility index (Phi) is 5.66. The molecule has 0 heterocycles. The summed E-state index contributed by atoms with van der Waals surface area (Å²) in [5, 5.41) is 53.7. The van der Waals surface area contributed by atoms with Crippen LogP contribution < -0.4 is 0 Å². The van der Waals surface area contributed by atoms with Gasteiger partial charge in [0.15, 0.2) is 0 Å². The van der Waals surface area contributed by atoms with E-state index in [-0.39, 0.29) is 40.4 Å². The molecular formula is C30H48O7. The predicted molar refractivity (Wildman–Crippen MR) is 138 cm³/mol. The summed E-state index contributed by atoms with van der Waals surface area (Å²) in [6.45, 7) is 14.9. The zero-order valence-electron chi connectivity index (χ0n) is 23.7. The van der Waals surface area contributed by atoms with Gasteiger partial charge in [0.1, 0.15) is 0 Å². The van der Waals surface area contributed by atoms with Crippen LogP contribution in [0.2, 0.25) is 0 Å². The average Bonchev–Trinajstić information content (AvgIpc) is 2.77. The van der Waals surface area contributed by atoms with Crippen LogP contribution in [0.5, 0.6) is 0 Å². The molecule has 5 rings (SSSR count). The van der Waals surface area contributed by atoms with Crippen molar-refractivity contribution >= 4 is 5.97 Å². The lowest BCUT2D eigenvalue weighted by atomic mass is 9.33. The number of allylic oxidation sites excluding steroid dienone is 2. The van der Waals surface area contributed by atoms with Crippen molar-refractivity contribution in [1.82, 2.24) is 0 Å². The molecule has 0 spiro atoms. The second-order valence-electron chi connectivity index (χ2n) is 15.6. The third kappa shape index (κ3) is 3.10. The van der Waals surface area contributed by atoms with Crippen molar-refractivity contribution < 1.29 is 35.4 Å². The van der Waals surface area contributed by atoms with E-state index in [1.54, 1.807) is 13.8 Å². The zero-order valence-corrected chi connectivity index (χ0v) is 23.7. The lowest BCUT2D eigenvalue weighted by Gasteiger charge is -2.72. The van der Waals surface area contributed by atoms with Gasteiger partial charge in [0, 0.05) is 11.8 Å². The molecule has 7 nitrogen and oxygen atoms in total. The highest BCUT2D eigenvalue weighted by Gasteiger charge is 2.76. The first-order chi connectivity index (χ1) is 16.8. The van der Waals surface area contributed by atoms with E-state index >= 15 is 0 Å². The van der Waals surface area contributed by atoms with E-state index in [2.05, 4.69) is 45.6 Å². The third-order valence-electron chi connectivity index (χ3n) is 13.4. The van der Waals surface area contributed by atoms with Crippen molar-refractivity contribution in [3.8, 4) is 0 Å². The zero-order chi connectivity index (χ0) is 27.7. The number of carboxylic acids is 1. The van der Waals surface area contributed by atoms with Crippen molar-refractivity contribution in [2.24, 2.45) is 50.2 Å². The Morgan fingerprint density at radius 1 is 0.919 bits per heavy atom. The van der Waals surface area contributed by atoms with Crippen LogP contribution in [0.25, 0.3) is 0 Å². The molecule has 4 fully saturated rings. The average molecular weight is 521 g/mol. The summed E-state index contributed by atoms with van der Waals surface area (Å²) < 4.78 is 0. The molecule has 0 unspecified atom stereocenters. The molecule has 5 aliphatic carbocycles. The van der Waals surface area contributed by atoms with Gasteiger partial charge in [-0.05, 0) is 90.8 Å². The second-order valence-corrected chi connectivity index (χ2v) is 15.6. The van der Waals surface area contributed by atoms with Crippen molar-refractivity contribution in [3.63, 3.8) is 0 Å². The van der Waals surface area contributed by atoms with Crippen molar-refractivity contribution in [1.29, 1.82) is 0 Å². The van der Waals surface area contributed by atoms with Crippen molar-refractivity contribution in [2.75, 3.05) is 0 Å². The van der Waals surface area contributed by atoms with Crippen LogP contribution in [0.1, 0.15) is 106 Å². The van der Waals surface area contributed by atoms with Crippen LogP contribution in [0.4, 0.5) is 0 Å². The molecule has 0 aliphatic heterocycles. The summed E-state index contributed by atoms with van der Waals surface area (Å²) in [4.78, 5) is 17.3. The number of carboxylic acid groups (broad SMARTS) is 1. The molecule has 0 aromatic rings. The number of hydrogen-bond donors (Lipinski definition) is 5. The van der Waals surface area contributed by atoms with Crippen LogP contribution in [-0.4, -0.2) is 43.2 Å². The van der Waals surface area contributed by atoms with Gasteiger partial charge in [0.25, 0.3) is 5.79 Å². The maximum atomic E-state index is 12.8. The molecule has 210 valence electrons. The Morgan fingerprint density at radius 2 is 1.54 bits per heavy atom. The SMILES string of the molecule is CC1(C)CC[C@]2(C(=O)O)CC[C@]3(C)C(=CC[C@@H]4[C@@]5(C)CC(O)(O)[C@](O)(OO)C(C)(C)[C@@H]5CC[C@]43C)[C@@H]2C1. The number of fused-ring (bicyclic) bond motifs is 7. The van der Waals surface area contributed by atoms with E-state index in [1.165, 1.54) is 5.57 Å². The number of aliphatic carboxylic acids is 1. The quantitative estimate of drug-likeness (QED) is 0.144. The maximum absolute atomic E-state index is 12.8. The number of carbonyl (C=O) groups is 1. The molecular weight excluding hydrogens is 472 g/mol. The minimum Gasteiger partial charge on any atom is -0.481 e. The van der Waals surface area contributed by atoms with E-state index in [1.807, 2.05) is 0 Å². The minimum atomic E-state index is -2.63. The second kappa shape index (κ2) is 7.60. The van der Waals surface area contributed by atoms with Gasteiger partial charge in [-0.3, -0.25) is 4.79 Å². The first kappa shape index (κ1) is 27.6. The largest absolute Gasteiger partial charge is 0.481 e. The summed E-state index contributed by atoms with van der Waals surface area (Å²) in [5.41, 5.74) is -1.31. The molecule has 4 saturated carbocycles. The molecule has 37 heavy (non-hydrogen) atoms. The molecule has 8 atom stereocenters. The number of rotatable bonds is 2. The van der Waals surface area contributed by atoms with Crippen LogP contribution in [-0.2, 0) is 9.68 Å². The fourth-order valence-electron chi connectivity index (χ4n) is 11.0. The van der Waals surface area contributed by atoms with Crippen LogP contribution in [0.15, 0.2) is 11.6 Å². The molecule has 0 aromatic carbocycles. The maximum Gasteiger partial charge on any atom is 0.310 e.